The zero-order valence-electron chi connectivity index (χ0n) is 6.66. The SMILES string of the molecule is CNNc1ccc(C(=O)O)cc1. The van der Waals surface area contributed by atoms with Crippen molar-refractivity contribution in [3.63, 3.8) is 0 Å². The van der Waals surface area contributed by atoms with Gasteiger partial charge in [0.05, 0.1) is 5.56 Å². The number of anilines is 1. The maximum absolute atomic E-state index is 10.4. The number of hydrazine groups is 1. The second-order valence-corrected chi connectivity index (χ2v) is 2.26. The normalized spacial score (nSPS) is 9.42. The van der Waals surface area contributed by atoms with Crippen LogP contribution in [0.4, 0.5) is 5.69 Å². The first kappa shape index (κ1) is 8.55. The van der Waals surface area contributed by atoms with E-state index in [0.29, 0.717) is 0 Å². The summed E-state index contributed by atoms with van der Waals surface area (Å²) in [5.74, 6) is -0.911. The number of rotatable bonds is 3. The average Bonchev–Trinajstić information content (AvgIpc) is 2.06. The highest BCUT2D eigenvalue weighted by atomic mass is 16.4. The van der Waals surface area contributed by atoms with Crippen molar-refractivity contribution in [3.8, 4) is 0 Å². The maximum Gasteiger partial charge on any atom is 0.335 e. The van der Waals surface area contributed by atoms with E-state index in [2.05, 4.69) is 10.9 Å². The quantitative estimate of drug-likeness (QED) is 0.584. The van der Waals surface area contributed by atoms with Crippen molar-refractivity contribution in [2.45, 2.75) is 0 Å². The molecule has 3 N–H and O–H groups in total. The Bertz CT molecular complexity index is 269. The highest BCUT2D eigenvalue weighted by molar-refractivity contribution is 5.87. The molecule has 0 aliphatic rings. The third-order valence-electron chi connectivity index (χ3n) is 1.40. The molecule has 0 amide bonds. The maximum atomic E-state index is 10.4. The number of carbonyl (C=O) groups is 1. The van der Waals surface area contributed by atoms with Gasteiger partial charge in [0.25, 0.3) is 0 Å². The smallest absolute Gasteiger partial charge is 0.335 e. The van der Waals surface area contributed by atoms with Crippen LogP contribution in [0.25, 0.3) is 0 Å². The molecule has 0 fully saturated rings. The Hall–Kier alpha value is -1.55. The highest BCUT2D eigenvalue weighted by Gasteiger charge is 2.00. The second kappa shape index (κ2) is 3.73. The summed E-state index contributed by atoms with van der Waals surface area (Å²) >= 11 is 0. The Morgan fingerprint density at radius 1 is 1.33 bits per heavy atom. The number of aromatic carboxylic acids is 1. The number of carboxylic acids is 1. The van der Waals surface area contributed by atoms with Gasteiger partial charge in [0.15, 0.2) is 0 Å². The number of hydrogen-bond donors (Lipinski definition) is 3. The molecule has 0 saturated carbocycles. The molecule has 0 spiro atoms. The second-order valence-electron chi connectivity index (χ2n) is 2.26. The molecule has 0 aliphatic heterocycles. The van der Waals surface area contributed by atoms with Gasteiger partial charge in [-0.1, -0.05) is 0 Å². The minimum absolute atomic E-state index is 0.289. The van der Waals surface area contributed by atoms with Crippen LogP contribution < -0.4 is 10.9 Å². The van der Waals surface area contributed by atoms with Gasteiger partial charge in [-0.2, -0.15) is 0 Å². The van der Waals surface area contributed by atoms with E-state index < -0.39 is 5.97 Å². The molecule has 0 heterocycles. The number of benzene rings is 1. The van der Waals surface area contributed by atoms with Gasteiger partial charge in [-0.15, -0.1) is 0 Å². The summed E-state index contributed by atoms with van der Waals surface area (Å²) in [6.45, 7) is 0. The van der Waals surface area contributed by atoms with Gasteiger partial charge in [-0.25, -0.2) is 10.2 Å². The zero-order valence-corrected chi connectivity index (χ0v) is 6.66. The molecule has 64 valence electrons. The van der Waals surface area contributed by atoms with Gasteiger partial charge in [0.2, 0.25) is 0 Å². The first-order valence-electron chi connectivity index (χ1n) is 3.50. The van der Waals surface area contributed by atoms with Crippen molar-refractivity contribution >= 4 is 11.7 Å². The molecular formula is C8H10N2O2. The van der Waals surface area contributed by atoms with E-state index in [0.717, 1.165) is 5.69 Å². The Morgan fingerprint density at radius 2 is 1.92 bits per heavy atom. The van der Waals surface area contributed by atoms with Crippen LogP contribution in [-0.2, 0) is 0 Å². The third-order valence-corrected chi connectivity index (χ3v) is 1.40. The topological polar surface area (TPSA) is 61.4 Å². The summed E-state index contributed by atoms with van der Waals surface area (Å²) in [5.41, 5.74) is 6.69. The monoisotopic (exact) mass is 166 g/mol. The molecule has 1 rings (SSSR count). The van der Waals surface area contributed by atoms with E-state index in [1.807, 2.05) is 0 Å². The lowest BCUT2D eigenvalue weighted by molar-refractivity contribution is 0.0697. The van der Waals surface area contributed by atoms with Crippen LogP contribution in [0.1, 0.15) is 10.4 Å². The number of nitrogens with one attached hydrogen (secondary N) is 2. The molecule has 0 saturated heterocycles. The lowest BCUT2D eigenvalue weighted by Gasteiger charge is -2.02. The summed E-state index contributed by atoms with van der Waals surface area (Å²) in [7, 11) is 1.74. The van der Waals surface area contributed by atoms with Crippen molar-refractivity contribution < 1.29 is 9.90 Å². The van der Waals surface area contributed by atoms with Crippen LogP contribution in [0.3, 0.4) is 0 Å². The molecule has 4 heteroatoms. The Morgan fingerprint density at radius 3 is 2.33 bits per heavy atom. The summed E-state index contributed by atoms with van der Waals surface area (Å²) in [6, 6.07) is 6.48. The fourth-order valence-corrected chi connectivity index (χ4v) is 0.840. The van der Waals surface area contributed by atoms with E-state index >= 15 is 0 Å². The van der Waals surface area contributed by atoms with Crippen molar-refractivity contribution in [2.75, 3.05) is 12.5 Å². The average molecular weight is 166 g/mol. The van der Waals surface area contributed by atoms with Gasteiger partial charge >= 0.3 is 5.97 Å². The standard InChI is InChI=1S/C8H10N2O2/c1-9-10-7-4-2-6(3-5-7)8(11)12/h2-5,9-10H,1H3,(H,11,12). The summed E-state index contributed by atoms with van der Waals surface area (Å²) < 4.78 is 0. The van der Waals surface area contributed by atoms with Gasteiger partial charge < -0.3 is 10.5 Å². The van der Waals surface area contributed by atoms with Gasteiger partial charge in [-0.3, -0.25) is 0 Å². The number of carboxylic acid groups (broad SMARTS) is 1. The van der Waals surface area contributed by atoms with Crippen molar-refractivity contribution in [1.82, 2.24) is 5.43 Å². The largest absolute Gasteiger partial charge is 0.478 e. The van der Waals surface area contributed by atoms with Crippen LogP contribution in [0.5, 0.6) is 0 Å². The predicted octanol–water partition coefficient (Wildman–Crippen LogP) is 0.931. The molecule has 12 heavy (non-hydrogen) atoms. The van der Waals surface area contributed by atoms with Gasteiger partial charge in [0.1, 0.15) is 0 Å². The molecule has 0 aromatic heterocycles. The Labute approximate surface area is 70.2 Å². The Kier molecular flexibility index (Phi) is 2.66. The molecule has 0 unspecified atom stereocenters. The lowest BCUT2D eigenvalue weighted by Crippen LogP contribution is -2.14. The first-order chi connectivity index (χ1) is 5.74. The Balaban J connectivity index is 2.78. The van der Waals surface area contributed by atoms with Crippen molar-refractivity contribution in [1.29, 1.82) is 0 Å². The van der Waals surface area contributed by atoms with Crippen LogP contribution in [0.2, 0.25) is 0 Å². The van der Waals surface area contributed by atoms with Gasteiger partial charge in [0, 0.05) is 12.7 Å². The molecule has 0 radical (unpaired) electrons. The highest BCUT2D eigenvalue weighted by Crippen LogP contribution is 2.07. The summed E-state index contributed by atoms with van der Waals surface area (Å²) in [4.78, 5) is 10.4. The lowest BCUT2D eigenvalue weighted by atomic mass is 10.2. The third kappa shape index (κ3) is 1.96. The molecule has 0 atom stereocenters. The van der Waals surface area contributed by atoms with E-state index in [1.165, 1.54) is 0 Å². The molecule has 1 aromatic carbocycles. The molecule has 0 aliphatic carbocycles. The van der Waals surface area contributed by atoms with Crippen LogP contribution in [0.15, 0.2) is 24.3 Å². The van der Waals surface area contributed by atoms with E-state index in [4.69, 9.17) is 5.11 Å². The molecule has 0 bridgehead atoms. The van der Waals surface area contributed by atoms with Crippen LogP contribution in [0, 0.1) is 0 Å². The van der Waals surface area contributed by atoms with Gasteiger partial charge in [-0.05, 0) is 24.3 Å². The fourth-order valence-electron chi connectivity index (χ4n) is 0.840. The minimum atomic E-state index is -0.911. The van der Waals surface area contributed by atoms with E-state index in [1.54, 1.807) is 31.3 Å². The predicted molar refractivity (Wildman–Crippen MR) is 46.1 cm³/mol. The number of hydrogen-bond acceptors (Lipinski definition) is 3. The first-order valence-corrected chi connectivity index (χ1v) is 3.50. The van der Waals surface area contributed by atoms with E-state index in [9.17, 15) is 4.79 Å². The minimum Gasteiger partial charge on any atom is -0.478 e. The zero-order chi connectivity index (χ0) is 8.97. The summed E-state index contributed by atoms with van der Waals surface area (Å²) in [6.07, 6.45) is 0. The van der Waals surface area contributed by atoms with Crippen molar-refractivity contribution in [2.24, 2.45) is 0 Å². The molecule has 1 aromatic rings. The fraction of sp³-hybridized carbons (Fsp3) is 0.125. The molecular weight excluding hydrogens is 156 g/mol. The molecule has 4 nitrogen and oxygen atoms in total. The van der Waals surface area contributed by atoms with E-state index in [-0.39, 0.29) is 5.56 Å². The summed E-state index contributed by atoms with van der Waals surface area (Å²) in [5, 5.41) is 8.57. The van der Waals surface area contributed by atoms with Crippen LogP contribution >= 0.6 is 0 Å². The van der Waals surface area contributed by atoms with Crippen LogP contribution in [-0.4, -0.2) is 18.1 Å². The van der Waals surface area contributed by atoms with Crippen molar-refractivity contribution in [3.05, 3.63) is 29.8 Å².